The molecule has 1 aromatic heterocycles. The molecule has 0 radical (unpaired) electrons. The summed E-state index contributed by atoms with van der Waals surface area (Å²) < 4.78 is 52.6. The molecular formula is C12H9F4IN4. The first kappa shape index (κ1) is 15.7. The van der Waals surface area contributed by atoms with E-state index in [1.165, 1.54) is 19.2 Å². The molecule has 2 rings (SSSR count). The number of anilines is 3. The molecule has 0 saturated heterocycles. The van der Waals surface area contributed by atoms with Gasteiger partial charge in [0.05, 0.1) is 5.69 Å². The summed E-state index contributed by atoms with van der Waals surface area (Å²) in [6.07, 6.45) is -4.62. The van der Waals surface area contributed by atoms with Gasteiger partial charge in [-0.25, -0.2) is 9.37 Å². The zero-order valence-corrected chi connectivity index (χ0v) is 12.8. The zero-order chi connectivity index (χ0) is 15.6. The van der Waals surface area contributed by atoms with Crippen molar-refractivity contribution in [1.29, 1.82) is 0 Å². The molecule has 0 aliphatic rings. The molecule has 4 nitrogen and oxygen atoms in total. The second-order valence-electron chi connectivity index (χ2n) is 3.96. The molecule has 0 aliphatic heterocycles. The number of nitrogens with zero attached hydrogens (tertiary/aromatic N) is 2. The van der Waals surface area contributed by atoms with Gasteiger partial charge in [-0.15, -0.1) is 0 Å². The minimum absolute atomic E-state index is 0.0318. The molecular weight excluding hydrogens is 403 g/mol. The average Bonchev–Trinajstić information content (AvgIpc) is 2.40. The summed E-state index contributed by atoms with van der Waals surface area (Å²) in [7, 11) is 1.39. The number of halogens is 5. The normalized spacial score (nSPS) is 11.3. The van der Waals surface area contributed by atoms with E-state index in [2.05, 4.69) is 20.6 Å². The Morgan fingerprint density at radius 1 is 1.14 bits per heavy atom. The first-order chi connectivity index (χ1) is 9.79. The fourth-order valence-electron chi connectivity index (χ4n) is 1.50. The predicted molar refractivity (Wildman–Crippen MR) is 79.0 cm³/mol. The van der Waals surface area contributed by atoms with Gasteiger partial charge in [0.25, 0.3) is 0 Å². The van der Waals surface area contributed by atoms with Crippen molar-refractivity contribution in [3.05, 3.63) is 39.3 Å². The van der Waals surface area contributed by atoms with Gasteiger partial charge in [0.15, 0.2) is 5.69 Å². The molecule has 9 heteroatoms. The molecule has 0 unspecified atom stereocenters. The molecule has 0 amide bonds. The van der Waals surface area contributed by atoms with Crippen molar-refractivity contribution in [3.63, 3.8) is 0 Å². The van der Waals surface area contributed by atoms with Crippen LogP contribution in [0.4, 0.5) is 35.0 Å². The molecule has 0 saturated carbocycles. The maximum absolute atomic E-state index is 13.7. The van der Waals surface area contributed by atoms with E-state index < -0.39 is 17.7 Å². The minimum Gasteiger partial charge on any atom is -0.357 e. The Kier molecular flexibility index (Phi) is 4.49. The van der Waals surface area contributed by atoms with Gasteiger partial charge in [-0.2, -0.15) is 18.2 Å². The van der Waals surface area contributed by atoms with Crippen LogP contribution in [0.1, 0.15) is 5.69 Å². The Morgan fingerprint density at radius 2 is 1.86 bits per heavy atom. The number of rotatable bonds is 3. The number of benzene rings is 1. The first-order valence-electron chi connectivity index (χ1n) is 5.65. The summed E-state index contributed by atoms with van der Waals surface area (Å²) in [5, 5.41) is 4.95. The molecule has 2 N–H and O–H groups in total. The monoisotopic (exact) mass is 412 g/mol. The maximum Gasteiger partial charge on any atom is 0.433 e. The van der Waals surface area contributed by atoms with Gasteiger partial charge < -0.3 is 10.6 Å². The third-order valence-corrected chi connectivity index (χ3v) is 3.11. The van der Waals surface area contributed by atoms with E-state index in [0.29, 0.717) is 3.57 Å². The lowest BCUT2D eigenvalue weighted by atomic mass is 10.3. The lowest BCUT2D eigenvalue weighted by Gasteiger charge is -2.12. The van der Waals surface area contributed by atoms with E-state index in [1.54, 1.807) is 6.07 Å². The zero-order valence-electron chi connectivity index (χ0n) is 10.6. The van der Waals surface area contributed by atoms with Crippen molar-refractivity contribution in [2.75, 3.05) is 17.7 Å². The van der Waals surface area contributed by atoms with Crippen molar-refractivity contribution in [2.45, 2.75) is 6.18 Å². The van der Waals surface area contributed by atoms with Crippen molar-refractivity contribution in [1.82, 2.24) is 9.97 Å². The van der Waals surface area contributed by atoms with Crippen LogP contribution in [0.5, 0.6) is 0 Å². The second kappa shape index (κ2) is 6.00. The van der Waals surface area contributed by atoms with Crippen LogP contribution in [0.15, 0.2) is 24.3 Å². The molecule has 1 heterocycles. The van der Waals surface area contributed by atoms with Crippen LogP contribution in [0.3, 0.4) is 0 Å². The number of aromatic nitrogens is 2. The van der Waals surface area contributed by atoms with E-state index >= 15 is 0 Å². The van der Waals surface area contributed by atoms with Crippen LogP contribution in [-0.2, 0) is 6.18 Å². The molecule has 1 aromatic carbocycles. The van der Waals surface area contributed by atoms with Crippen LogP contribution in [0, 0.1) is 9.39 Å². The highest BCUT2D eigenvalue weighted by atomic mass is 127. The summed E-state index contributed by atoms with van der Waals surface area (Å²) in [5.41, 5.74) is -1.08. The molecule has 0 spiro atoms. The highest BCUT2D eigenvalue weighted by Gasteiger charge is 2.33. The molecule has 2 aromatic rings. The first-order valence-corrected chi connectivity index (χ1v) is 6.73. The SMILES string of the molecule is CNc1nc(Nc2ccc(I)cc2F)cc(C(F)(F)F)n1. The number of alkyl halides is 3. The summed E-state index contributed by atoms with van der Waals surface area (Å²) in [6, 6.07) is 5.02. The summed E-state index contributed by atoms with van der Waals surface area (Å²) in [4.78, 5) is 7.14. The Hall–Kier alpha value is -1.65. The fourth-order valence-corrected chi connectivity index (χ4v) is 1.95. The van der Waals surface area contributed by atoms with Gasteiger partial charge in [0.2, 0.25) is 5.95 Å². The average molecular weight is 412 g/mol. The van der Waals surface area contributed by atoms with Crippen LogP contribution >= 0.6 is 22.6 Å². The Labute approximate surface area is 131 Å². The predicted octanol–water partition coefficient (Wildman–Crippen LogP) is 4.02. The van der Waals surface area contributed by atoms with Crippen molar-refractivity contribution < 1.29 is 17.6 Å². The van der Waals surface area contributed by atoms with Crippen molar-refractivity contribution in [3.8, 4) is 0 Å². The van der Waals surface area contributed by atoms with Gasteiger partial charge in [0.1, 0.15) is 11.6 Å². The maximum atomic E-state index is 13.7. The van der Waals surface area contributed by atoms with Crippen molar-refractivity contribution in [2.24, 2.45) is 0 Å². The van der Waals surface area contributed by atoms with Gasteiger partial charge in [-0.05, 0) is 40.8 Å². The highest BCUT2D eigenvalue weighted by molar-refractivity contribution is 14.1. The van der Waals surface area contributed by atoms with Crippen molar-refractivity contribution >= 4 is 40.0 Å². The number of hydrogen-bond donors (Lipinski definition) is 2. The van der Waals surface area contributed by atoms with E-state index in [-0.39, 0.29) is 17.5 Å². The molecule has 0 aliphatic carbocycles. The van der Waals surface area contributed by atoms with Gasteiger partial charge in [-0.1, -0.05) is 0 Å². The van der Waals surface area contributed by atoms with Crippen LogP contribution in [0.2, 0.25) is 0 Å². The molecule has 0 bridgehead atoms. The standard InChI is InChI=1S/C12H9F4IN4/c1-18-11-20-9(12(14,15)16)5-10(21-11)19-8-3-2-6(17)4-7(8)13/h2-5H,1H3,(H2,18,19,20,21). The largest absolute Gasteiger partial charge is 0.433 e. The van der Waals surface area contributed by atoms with Crippen LogP contribution in [0.25, 0.3) is 0 Å². The van der Waals surface area contributed by atoms with E-state index in [0.717, 1.165) is 6.07 Å². The quantitative estimate of drug-likeness (QED) is 0.591. The van der Waals surface area contributed by atoms with Gasteiger partial charge in [0, 0.05) is 16.7 Å². The third kappa shape index (κ3) is 3.93. The topological polar surface area (TPSA) is 49.8 Å². The molecule has 112 valence electrons. The minimum atomic E-state index is -4.62. The lowest BCUT2D eigenvalue weighted by molar-refractivity contribution is -0.141. The molecule has 0 fully saturated rings. The lowest BCUT2D eigenvalue weighted by Crippen LogP contribution is -2.12. The number of hydrogen-bond acceptors (Lipinski definition) is 4. The van der Waals surface area contributed by atoms with E-state index in [9.17, 15) is 17.6 Å². The van der Waals surface area contributed by atoms with Gasteiger partial charge >= 0.3 is 6.18 Å². The van der Waals surface area contributed by atoms with Gasteiger partial charge in [-0.3, -0.25) is 0 Å². The molecule has 0 atom stereocenters. The summed E-state index contributed by atoms with van der Waals surface area (Å²) in [5.74, 6) is -0.944. The summed E-state index contributed by atoms with van der Waals surface area (Å²) >= 11 is 1.93. The van der Waals surface area contributed by atoms with Crippen LogP contribution < -0.4 is 10.6 Å². The second-order valence-corrected chi connectivity index (χ2v) is 5.20. The fraction of sp³-hybridized carbons (Fsp3) is 0.167. The van der Waals surface area contributed by atoms with Crippen LogP contribution in [-0.4, -0.2) is 17.0 Å². The highest BCUT2D eigenvalue weighted by Crippen LogP contribution is 2.30. The summed E-state index contributed by atoms with van der Waals surface area (Å²) in [6.45, 7) is 0. The van der Waals surface area contributed by atoms with E-state index in [4.69, 9.17) is 0 Å². The Morgan fingerprint density at radius 3 is 2.43 bits per heavy atom. The Balaban J connectivity index is 2.39. The third-order valence-electron chi connectivity index (χ3n) is 2.43. The van der Waals surface area contributed by atoms with E-state index in [1.807, 2.05) is 22.6 Å². The smallest absolute Gasteiger partial charge is 0.357 e. The molecule has 21 heavy (non-hydrogen) atoms. The Bertz CT molecular complexity index is 660. The number of nitrogens with one attached hydrogen (secondary N) is 2.